The van der Waals surface area contributed by atoms with Gasteiger partial charge in [-0.05, 0) is 42.1 Å². The largest absolute Gasteiger partial charge is 0.467 e. The van der Waals surface area contributed by atoms with E-state index < -0.39 is 0 Å². The zero-order chi connectivity index (χ0) is 18.9. The number of hydrogen-bond acceptors (Lipinski definition) is 5. The van der Waals surface area contributed by atoms with Gasteiger partial charge in [-0.25, -0.2) is 14.8 Å². The van der Waals surface area contributed by atoms with Crippen LogP contribution in [0.5, 0.6) is 0 Å². The number of nitrogens with zero attached hydrogens (tertiary/aromatic N) is 4. The normalized spacial score (nSPS) is 16.7. The van der Waals surface area contributed by atoms with Crippen LogP contribution in [0.1, 0.15) is 18.2 Å². The van der Waals surface area contributed by atoms with Crippen LogP contribution in [0.2, 0.25) is 0 Å². The highest BCUT2D eigenvalue weighted by atomic mass is 32.1. The third-order valence-electron chi connectivity index (χ3n) is 5.00. The van der Waals surface area contributed by atoms with Gasteiger partial charge >= 0.3 is 6.03 Å². The first-order valence-electron chi connectivity index (χ1n) is 9.21. The molecule has 0 saturated carbocycles. The zero-order valence-corrected chi connectivity index (χ0v) is 15.9. The molecule has 142 valence electrons. The molecule has 0 spiro atoms. The quantitative estimate of drug-likeness (QED) is 0.570. The molecule has 8 heteroatoms. The van der Waals surface area contributed by atoms with E-state index in [4.69, 9.17) is 9.40 Å². The Kier molecular flexibility index (Phi) is 4.32. The van der Waals surface area contributed by atoms with E-state index in [1.807, 2.05) is 35.2 Å². The Hall–Kier alpha value is -3.13. The molecule has 4 aromatic rings. The van der Waals surface area contributed by atoms with Crippen LogP contribution < -0.4 is 5.32 Å². The molecule has 1 aliphatic heterocycles. The minimum atomic E-state index is -0.0750. The van der Waals surface area contributed by atoms with Crippen molar-refractivity contribution in [2.24, 2.45) is 0 Å². The molecular formula is C20H19N5O2S. The number of thiophene rings is 1. The molecule has 0 aromatic carbocycles. The van der Waals surface area contributed by atoms with Crippen molar-refractivity contribution in [1.82, 2.24) is 24.8 Å². The van der Waals surface area contributed by atoms with E-state index in [0.29, 0.717) is 19.6 Å². The number of pyridine rings is 1. The molecule has 0 bridgehead atoms. The summed E-state index contributed by atoms with van der Waals surface area (Å²) in [5.41, 5.74) is 1.75. The van der Waals surface area contributed by atoms with E-state index in [1.54, 1.807) is 23.8 Å². The van der Waals surface area contributed by atoms with Gasteiger partial charge in [0.05, 0.1) is 23.7 Å². The lowest BCUT2D eigenvalue weighted by atomic mass is 10.2. The fourth-order valence-corrected chi connectivity index (χ4v) is 4.39. The molecule has 4 aromatic heterocycles. The highest BCUT2D eigenvalue weighted by molar-refractivity contribution is 7.13. The smallest absolute Gasteiger partial charge is 0.317 e. The van der Waals surface area contributed by atoms with E-state index in [0.717, 1.165) is 34.0 Å². The molecule has 1 saturated heterocycles. The van der Waals surface area contributed by atoms with Gasteiger partial charge in [0.2, 0.25) is 0 Å². The van der Waals surface area contributed by atoms with Crippen molar-refractivity contribution in [2.75, 3.05) is 13.1 Å². The maximum absolute atomic E-state index is 12.6. The first-order chi connectivity index (χ1) is 13.8. The van der Waals surface area contributed by atoms with E-state index in [-0.39, 0.29) is 12.1 Å². The Morgan fingerprint density at radius 3 is 3.07 bits per heavy atom. The number of fused-ring (bicyclic) bond motifs is 1. The van der Waals surface area contributed by atoms with Crippen molar-refractivity contribution in [1.29, 1.82) is 0 Å². The van der Waals surface area contributed by atoms with E-state index in [1.165, 1.54) is 0 Å². The number of hydrogen-bond donors (Lipinski definition) is 1. The number of urea groups is 1. The number of likely N-dealkylation sites (tertiary alicyclic amines) is 1. The number of carbonyl (C=O) groups excluding carboxylic acids is 1. The molecule has 1 N–H and O–H groups in total. The van der Waals surface area contributed by atoms with Crippen molar-refractivity contribution in [3.05, 3.63) is 60.0 Å². The fourth-order valence-electron chi connectivity index (χ4n) is 3.68. The van der Waals surface area contributed by atoms with E-state index >= 15 is 0 Å². The van der Waals surface area contributed by atoms with Crippen LogP contribution in [0.3, 0.4) is 0 Å². The summed E-state index contributed by atoms with van der Waals surface area (Å²) < 4.78 is 7.47. The molecule has 1 aliphatic rings. The number of furan rings is 1. The summed E-state index contributed by atoms with van der Waals surface area (Å²) >= 11 is 1.66. The molecule has 7 nitrogen and oxygen atoms in total. The Balaban J connectivity index is 1.39. The van der Waals surface area contributed by atoms with E-state index in [2.05, 4.69) is 26.3 Å². The van der Waals surface area contributed by atoms with Crippen LogP contribution in [0, 0.1) is 0 Å². The minimum Gasteiger partial charge on any atom is -0.467 e. The van der Waals surface area contributed by atoms with Gasteiger partial charge in [0.1, 0.15) is 11.3 Å². The number of imidazole rings is 1. The van der Waals surface area contributed by atoms with Crippen LogP contribution >= 0.6 is 11.3 Å². The Bertz CT molecular complexity index is 1090. The molecule has 28 heavy (non-hydrogen) atoms. The average Bonchev–Trinajstić information content (AvgIpc) is 3.51. The van der Waals surface area contributed by atoms with Gasteiger partial charge in [0.15, 0.2) is 11.5 Å². The van der Waals surface area contributed by atoms with Crippen LogP contribution in [-0.2, 0) is 6.54 Å². The van der Waals surface area contributed by atoms with Gasteiger partial charge in [-0.15, -0.1) is 11.3 Å². The molecule has 1 atom stereocenters. The molecule has 2 amide bonds. The Morgan fingerprint density at radius 2 is 2.25 bits per heavy atom. The van der Waals surface area contributed by atoms with Crippen LogP contribution in [-0.4, -0.2) is 38.6 Å². The molecule has 0 unspecified atom stereocenters. The zero-order valence-electron chi connectivity index (χ0n) is 15.1. The lowest BCUT2D eigenvalue weighted by Crippen LogP contribution is -2.38. The number of aromatic nitrogens is 3. The summed E-state index contributed by atoms with van der Waals surface area (Å²) in [4.78, 5) is 24.9. The lowest BCUT2D eigenvalue weighted by molar-refractivity contribution is 0.206. The minimum absolute atomic E-state index is 0.0750. The van der Waals surface area contributed by atoms with Crippen molar-refractivity contribution in [3.8, 4) is 10.7 Å². The molecule has 5 heterocycles. The van der Waals surface area contributed by atoms with Gasteiger partial charge < -0.3 is 19.2 Å². The predicted octanol–water partition coefficient (Wildman–Crippen LogP) is 3.91. The predicted molar refractivity (Wildman–Crippen MR) is 107 cm³/mol. The second kappa shape index (κ2) is 7.12. The first kappa shape index (κ1) is 17.0. The second-order valence-corrected chi connectivity index (χ2v) is 7.70. The highest BCUT2D eigenvalue weighted by Gasteiger charge is 2.31. The fraction of sp³-hybridized carbons (Fsp3) is 0.250. The summed E-state index contributed by atoms with van der Waals surface area (Å²) in [5, 5.41) is 4.98. The number of amides is 2. The Labute approximate surface area is 165 Å². The third-order valence-corrected chi connectivity index (χ3v) is 5.87. The van der Waals surface area contributed by atoms with Gasteiger partial charge in [0.25, 0.3) is 0 Å². The van der Waals surface area contributed by atoms with Crippen molar-refractivity contribution in [2.45, 2.75) is 19.0 Å². The van der Waals surface area contributed by atoms with Gasteiger partial charge in [-0.3, -0.25) is 0 Å². The van der Waals surface area contributed by atoms with Crippen LogP contribution in [0.15, 0.2) is 58.7 Å². The lowest BCUT2D eigenvalue weighted by Gasteiger charge is -2.18. The van der Waals surface area contributed by atoms with Crippen molar-refractivity contribution < 1.29 is 9.21 Å². The number of carbonyl (C=O) groups is 1. The van der Waals surface area contributed by atoms with Crippen LogP contribution in [0.25, 0.3) is 21.9 Å². The standard InChI is InChI=1S/C20H19N5O2S/c26-20(22-12-15-4-2-10-27-15)24-9-7-14(13-24)25-18-16(5-1-8-21-18)23-19(25)17-6-3-11-28-17/h1-6,8,10-11,14H,7,9,12-13H2,(H,22,26)/t14-/m0/s1. The summed E-state index contributed by atoms with van der Waals surface area (Å²) in [5.74, 6) is 1.67. The molecular weight excluding hydrogens is 374 g/mol. The molecule has 5 rings (SSSR count). The topological polar surface area (TPSA) is 76.2 Å². The third kappa shape index (κ3) is 3.05. The summed E-state index contributed by atoms with van der Waals surface area (Å²) in [6.45, 7) is 1.72. The molecule has 0 aliphatic carbocycles. The van der Waals surface area contributed by atoms with Gasteiger partial charge in [0, 0.05) is 19.3 Å². The second-order valence-electron chi connectivity index (χ2n) is 6.76. The maximum Gasteiger partial charge on any atom is 0.317 e. The van der Waals surface area contributed by atoms with Crippen molar-refractivity contribution in [3.63, 3.8) is 0 Å². The molecule has 1 fully saturated rings. The first-order valence-corrected chi connectivity index (χ1v) is 10.1. The highest BCUT2D eigenvalue weighted by Crippen LogP contribution is 2.33. The van der Waals surface area contributed by atoms with Crippen molar-refractivity contribution >= 4 is 28.5 Å². The van der Waals surface area contributed by atoms with E-state index in [9.17, 15) is 4.79 Å². The average molecular weight is 393 g/mol. The number of nitrogens with one attached hydrogen (secondary N) is 1. The Morgan fingerprint density at radius 1 is 1.29 bits per heavy atom. The van der Waals surface area contributed by atoms with Crippen LogP contribution in [0.4, 0.5) is 4.79 Å². The molecule has 0 radical (unpaired) electrons. The summed E-state index contributed by atoms with van der Waals surface area (Å²) in [7, 11) is 0. The summed E-state index contributed by atoms with van der Waals surface area (Å²) in [6, 6.07) is 11.7. The monoisotopic (exact) mass is 393 g/mol. The number of rotatable bonds is 4. The summed E-state index contributed by atoms with van der Waals surface area (Å²) in [6.07, 6.45) is 4.27. The maximum atomic E-state index is 12.6. The van der Waals surface area contributed by atoms with Gasteiger partial charge in [-0.1, -0.05) is 6.07 Å². The SMILES string of the molecule is O=C(NCc1ccco1)N1CC[C@H](n2c(-c3cccs3)nc3cccnc32)C1. The van der Waals surface area contributed by atoms with Gasteiger partial charge in [-0.2, -0.15) is 0 Å².